The number of benzene rings is 4. The third-order valence-electron chi connectivity index (χ3n) is 7.13. The zero-order valence-corrected chi connectivity index (χ0v) is 18.2. The van der Waals surface area contributed by atoms with Crippen LogP contribution in [0.3, 0.4) is 0 Å². The summed E-state index contributed by atoms with van der Waals surface area (Å²) in [6.07, 6.45) is 4.34. The van der Waals surface area contributed by atoms with E-state index >= 15 is 0 Å². The van der Waals surface area contributed by atoms with Gasteiger partial charge >= 0.3 is 0 Å². The van der Waals surface area contributed by atoms with E-state index in [2.05, 4.69) is 95.5 Å². The van der Waals surface area contributed by atoms with Gasteiger partial charge in [0.15, 0.2) is 0 Å². The Morgan fingerprint density at radius 3 is 2.53 bits per heavy atom. The van der Waals surface area contributed by atoms with Crippen LogP contribution in [0.25, 0.3) is 55.5 Å². The average molecular weight is 438 g/mol. The van der Waals surface area contributed by atoms with Gasteiger partial charge in [-0.05, 0) is 23.8 Å². The predicted molar refractivity (Wildman–Crippen MR) is 140 cm³/mol. The number of fused-ring (bicyclic) bond motifs is 10. The maximum absolute atomic E-state index is 6.24. The number of hydrogen-bond donors (Lipinski definition) is 1. The predicted octanol–water partition coefficient (Wildman–Crippen LogP) is 6.92. The number of rotatable bonds is 0. The lowest BCUT2D eigenvalue weighted by Gasteiger charge is -2.27. The van der Waals surface area contributed by atoms with E-state index < -0.39 is 0 Å². The number of nitrogens with one attached hydrogen (secondary N) is 1. The minimum atomic E-state index is -0.0662. The summed E-state index contributed by atoms with van der Waals surface area (Å²) < 4.78 is 8.37. The van der Waals surface area contributed by atoms with Crippen LogP contribution in [0.5, 0.6) is 0 Å². The van der Waals surface area contributed by atoms with Gasteiger partial charge in [0, 0.05) is 33.0 Å². The van der Waals surface area contributed by atoms with Crippen LogP contribution in [0.1, 0.15) is 16.7 Å². The molecule has 4 heteroatoms. The molecular formula is C30H19N3O. The second-order valence-corrected chi connectivity index (χ2v) is 8.98. The Morgan fingerprint density at radius 2 is 1.56 bits per heavy atom. The first-order valence-electron chi connectivity index (χ1n) is 11.5. The van der Waals surface area contributed by atoms with Crippen molar-refractivity contribution in [1.82, 2.24) is 9.99 Å². The van der Waals surface area contributed by atoms with E-state index in [1.165, 1.54) is 5.56 Å². The standard InChI is InChI=1S/C30H19N3O/c1-17-19-10-6-11-21-22-14-16-26-27(23-9-4-5-12-25(23)34-26)30(22)33(29(19)21)32-28-20-8-3-2-7-18(20)13-15-24(28)31-17/h2-16,24,31H,1H2/b32-28-. The maximum atomic E-state index is 6.24. The molecule has 6 aromatic rings. The second kappa shape index (κ2) is 6.27. The lowest BCUT2D eigenvalue weighted by atomic mass is 9.91. The highest BCUT2D eigenvalue weighted by atomic mass is 16.3. The maximum Gasteiger partial charge on any atom is 0.137 e. The minimum absolute atomic E-state index is 0.0662. The molecule has 1 aliphatic carbocycles. The Bertz CT molecular complexity index is 1910. The molecule has 4 nitrogen and oxygen atoms in total. The van der Waals surface area contributed by atoms with E-state index in [0.717, 1.165) is 66.3 Å². The fourth-order valence-corrected chi connectivity index (χ4v) is 5.62. The van der Waals surface area contributed by atoms with E-state index in [1.54, 1.807) is 0 Å². The van der Waals surface area contributed by atoms with Crippen LogP contribution in [0.2, 0.25) is 0 Å². The second-order valence-electron chi connectivity index (χ2n) is 8.98. The molecule has 0 saturated carbocycles. The molecule has 0 fully saturated rings. The van der Waals surface area contributed by atoms with Crippen molar-refractivity contribution in [2.24, 2.45) is 5.10 Å². The van der Waals surface area contributed by atoms with Gasteiger partial charge in [0.25, 0.3) is 0 Å². The first kappa shape index (κ1) is 17.9. The summed E-state index contributed by atoms with van der Waals surface area (Å²) in [6, 6.07) is 27.2. The fourth-order valence-electron chi connectivity index (χ4n) is 5.62. The molecule has 1 unspecified atom stereocenters. The Morgan fingerprint density at radius 1 is 0.765 bits per heavy atom. The first-order valence-corrected chi connectivity index (χ1v) is 11.5. The van der Waals surface area contributed by atoms with Gasteiger partial charge in [0.05, 0.1) is 28.2 Å². The largest absolute Gasteiger partial charge is 0.456 e. The Balaban J connectivity index is 1.62. The molecule has 1 N–H and O–H groups in total. The quantitative estimate of drug-likeness (QED) is 0.280. The number of aromatic nitrogens is 1. The van der Waals surface area contributed by atoms with Crippen molar-refractivity contribution < 1.29 is 4.42 Å². The molecule has 4 aromatic carbocycles. The summed E-state index contributed by atoms with van der Waals surface area (Å²) >= 11 is 0. The molecule has 2 aliphatic rings. The van der Waals surface area contributed by atoms with Gasteiger partial charge in [-0.2, -0.15) is 5.10 Å². The highest BCUT2D eigenvalue weighted by Gasteiger charge is 2.28. The Hall–Kier alpha value is -4.57. The van der Waals surface area contributed by atoms with Gasteiger partial charge in [-0.1, -0.05) is 79.4 Å². The van der Waals surface area contributed by atoms with Crippen molar-refractivity contribution in [2.75, 3.05) is 0 Å². The molecule has 0 radical (unpaired) electrons. The van der Waals surface area contributed by atoms with Gasteiger partial charge in [0.1, 0.15) is 11.2 Å². The van der Waals surface area contributed by atoms with Crippen molar-refractivity contribution in [3.8, 4) is 0 Å². The molecule has 0 amide bonds. The Labute approximate surface area is 195 Å². The summed E-state index contributed by atoms with van der Waals surface area (Å²) in [5, 5.41) is 13.5. The summed E-state index contributed by atoms with van der Waals surface area (Å²) in [6.45, 7) is 4.43. The van der Waals surface area contributed by atoms with Gasteiger partial charge < -0.3 is 9.73 Å². The van der Waals surface area contributed by atoms with Crippen LogP contribution < -0.4 is 5.32 Å². The van der Waals surface area contributed by atoms with E-state index in [9.17, 15) is 0 Å². The van der Waals surface area contributed by atoms with Gasteiger partial charge in [-0.3, -0.25) is 0 Å². The third kappa shape index (κ3) is 2.20. The molecule has 0 spiro atoms. The number of furan rings is 1. The molecule has 2 aromatic heterocycles. The van der Waals surface area contributed by atoms with Crippen molar-refractivity contribution in [2.45, 2.75) is 6.04 Å². The zero-order valence-electron chi connectivity index (χ0n) is 18.2. The van der Waals surface area contributed by atoms with Crippen LogP contribution in [0.4, 0.5) is 0 Å². The van der Waals surface area contributed by atoms with Crippen LogP contribution in [-0.2, 0) is 0 Å². The summed E-state index contributed by atoms with van der Waals surface area (Å²) in [5.74, 6) is 0. The van der Waals surface area contributed by atoms with Crippen molar-refractivity contribution in [3.63, 3.8) is 0 Å². The highest BCUT2D eigenvalue weighted by molar-refractivity contribution is 6.25. The van der Waals surface area contributed by atoms with E-state index in [1.807, 2.05) is 12.1 Å². The van der Waals surface area contributed by atoms with E-state index in [-0.39, 0.29) is 6.04 Å². The molecule has 3 heterocycles. The van der Waals surface area contributed by atoms with Crippen LogP contribution in [0.15, 0.2) is 101 Å². The highest BCUT2D eigenvalue weighted by Crippen LogP contribution is 2.41. The lowest BCUT2D eigenvalue weighted by Crippen LogP contribution is -2.37. The summed E-state index contributed by atoms with van der Waals surface area (Å²) in [7, 11) is 0. The average Bonchev–Trinajstić information content (AvgIpc) is 3.40. The number of hydrogen-bond acceptors (Lipinski definition) is 3. The fraction of sp³-hybridized carbons (Fsp3) is 0.0333. The SMILES string of the molecule is C=C1NC2C=Cc3ccccc3/C2=N/n2c3c1cccc3c1ccc3oc4ccccc4c3c12. The summed E-state index contributed by atoms with van der Waals surface area (Å²) in [4.78, 5) is 0. The van der Waals surface area contributed by atoms with Crippen LogP contribution >= 0.6 is 0 Å². The number of para-hydroxylation sites is 2. The third-order valence-corrected chi connectivity index (χ3v) is 7.13. The van der Waals surface area contributed by atoms with Crippen LogP contribution in [-0.4, -0.2) is 16.4 Å². The Kier molecular flexibility index (Phi) is 3.30. The molecule has 160 valence electrons. The minimum Gasteiger partial charge on any atom is -0.456 e. The molecule has 0 bridgehead atoms. The molecule has 8 rings (SSSR count). The smallest absolute Gasteiger partial charge is 0.137 e. The van der Waals surface area contributed by atoms with E-state index in [0.29, 0.717) is 0 Å². The molecular weight excluding hydrogens is 418 g/mol. The molecule has 34 heavy (non-hydrogen) atoms. The topological polar surface area (TPSA) is 42.5 Å². The van der Waals surface area contributed by atoms with Crippen molar-refractivity contribution in [3.05, 3.63) is 108 Å². The molecule has 1 atom stereocenters. The van der Waals surface area contributed by atoms with Crippen molar-refractivity contribution >= 4 is 61.2 Å². The zero-order chi connectivity index (χ0) is 22.4. The summed E-state index contributed by atoms with van der Waals surface area (Å²) in [5.41, 5.74) is 9.13. The first-order chi connectivity index (χ1) is 16.8. The number of nitrogens with zero attached hydrogens (tertiary/aromatic N) is 2. The molecule has 1 aliphatic heterocycles. The normalized spacial score (nSPS) is 18.4. The van der Waals surface area contributed by atoms with Gasteiger partial charge in [-0.25, -0.2) is 4.68 Å². The van der Waals surface area contributed by atoms with Gasteiger partial charge in [0.2, 0.25) is 0 Å². The molecule has 0 saturated heterocycles. The monoisotopic (exact) mass is 437 g/mol. The van der Waals surface area contributed by atoms with Crippen LogP contribution in [0, 0.1) is 0 Å². The van der Waals surface area contributed by atoms with E-state index in [4.69, 9.17) is 9.52 Å². The van der Waals surface area contributed by atoms with Crippen molar-refractivity contribution in [1.29, 1.82) is 0 Å². The lowest BCUT2D eigenvalue weighted by molar-refractivity contribution is 0.669. The van der Waals surface area contributed by atoms with Gasteiger partial charge in [-0.15, -0.1) is 0 Å².